The minimum absolute atomic E-state index is 0.401. The number of aromatic nitrogens is 2. The maximum absolute atomic E-state index is 13.3. The fourth-order valence-electron chi connectivity index (χ4n) is 3.00. The zero-order valence-corrected chi connectivity index (χ0v) is 15.3. The van der Waals surface area contributed by atoms with E-state index in [-0.39, 0.29) is 0 Å². The van der Waals surface area contributed by atoms with Gasteiger partial charge in [-0.2, -0.15) is 0 Å². The first kappa shape index (κ1) is 18.2. The first-order valence-electron chi connectivity index (χ1n) is 8.39. The Morgan fingerprint density at radius 3 is 2.46 bits per heavy atom. The van der Waals surface area contributed by atoms with Crippen molar-refractivity contribution >= 4 is 34.2 Å². The number of benzene rings is 3. The summed E-state index contributed by atoms with van der Waals surface area (Å²) in [5, 5.41) is 5.57. The molecule has 0 spiro atoms. The van der Waals surface area contributed by atoms with Gasteiger partial charge in [0.1, 0.15) is 28.4 Å². The molecule has 0 saturated carbocycles. The van der Waals surface area contributed by atoms with Crippen LogP contribution >= 0.6 is 0 Å². The predicted molar refractivity (Wildman–Crippen MR) is 107 cm³/mol. The van der Waals surface area contributed by atoms with Crippen LogP contribution in [0, 0.1) is 11.6 Å². The predicted octanol–water partition coefficient (Wildman–Crippen LogP) is 4.66. The van der Waals surface area contributed by atoms with Crippen LogP contribution in [0.5, 0.6) is 0 Å². The molecule has 0 saturated heterocycles. The second kappa shape index (κ2) is 7.46. The fourth-order valence-corrected chi connectivity index (χ4v) is 3.62. The molecule has 140 valence electrons. The molecule has 0 radical (unpaired) electrons. The molecule has 0 aliphatic heterocycles. The third kappa shape index (κ3) is 3.76. The first-order valence-corrected chi connectivity index (χ1v) is 9.60. The Hall–Kier alpha value is -3.16. The quantitative estimate of drug-likeness (QED) is 0.528. The highest BCUT2D eigenvalue weighted by Crippen LogP contribution is 2.28. The van der Waals surface area contributed by atoms with E-state index < -0.39 is 22.6 Å². The highest BCUT2D eigenvalue weighted by molar-refractivity contribution is 7.82. The standard InChI is InChI=1S/C21H15F2N3OS/c22-15-9-13(10-16(23)12-15)5-8-21-25-18-7-6-14(11-19(18)26-21)17-3-1-2-4-20(17)28(24)27/h1-12H,24H2,(H,25,26)/b8-5+. The lowest BCUT2D eigenvalue weighted by atomic mass is 10.1. The number of nitrogens with zero attached hydrogens (tertiary/aromatic N) is 1. The molecule has 0 aliphatic rings. The Morgan fingerprint density at radius 2 is 1.71 bits per heavy atom. The number of imidazole rings is 1. The monoisotopic (exact) mass is 395 g/mol. The highest BCUT2D eigenvalue weighted by Gasteiger charge is 2.10. The molecule has 1 unspecified atom stereocenters. The van der Waals surface area contributed by atoms with Crippen LogP contribution in [0.25, 0.3) is 34.3 Å². The molecule has 0 bridgehead atoms. The van der Waals surface area contributed by atoms with Crippen molar-refractivity contribution in [2.75, 3.05) is 0 Å². The molecule has 4 aromatic rings. The molecule has 0 aliphatic carbocycles. The van der Waals surface area contributed by atoms with Crippen LogP contribution in [0.3, 0.4) is 0 Å². The number of nitrogens with two attached hydrogens (primary N) is 1. The SMILES string of the molecule is NS(=O)c1ccccc1-c1ccc2nc(/C=C/c3cc(F)cc(F)c3)[nH]c2c1. The normalized spacial score (nSPS) is 12.7. The molecular formula is C21H15F2N3OS. The molecular weight excluding hydrogens is 380 g/mol. The van der Waals surface area contributed by atoms with Crippen LogP contribution in [0.1, 0.15) is 11.4 Å². The summed E-state index contributed by atoms with van der Waals surface area (Å²) in [6.07, 6.45) is 3.23. The van der Waals surface area contributed by atoms with Gasteiger partial charge in [0, 0.05) is 6.07 Å². The van der Waals surface area contributed by atoms with Gasteiger partial charge in [-0.3, -0.25) is 0 Å². The summed E-state index contributed by atoms with van der Waals surface area (Å²) in [4.78, 5) is 8.16. The van der Waals surface area contributed by atoms with E-state index in [4.69, 9.17) is 5.14 Å². The minimum Gasteiger partial charge on any atom is -0.338 e. The number of rotatable bonds is 4. The summed E-state index contributed by atoms with van der Waals surface area (Å²) < 4.78 is 38.4. The molecule has 1 aromatic heterocycles. The van der Waals surface area contributed by atoms with E-state index in [0.717, 1.165) is 28.2 Å². The molecule has 3 aromatic carbocycles. The van der Waals surface area contributed by atoms with Crippen molar-refractivity contribution in [3.63, 3.8) is 0 Å². The van der Waals surface area contributed by atoms with Crippen molar-refractivity contribution in [1.82, 2.24) is 9.97 Å². The molecule has 1 atom stereocenters. The van der Waals surface area contributed by atoms with Crippen molar-refractivity contribution < 1.29 is 13.0 Å². The average molecular weight is 395 g/mol. The number of fused-ring (bicyclic) bond motifs is 1. The summed E-state index contributed by atoms with van der Waals surface area (Å²) in [6.45, 7) is 0. The topological polar surface area (TPSA) is 71.8 Å². The molecule has 0 amide bonds. The number of hydrogen-bond donors (Lipinski definition) is 2. The van der Waals surface area contributed by atoms with Crippen molar-refractivity contribution in [2.45, 2.75) is 4.90 Å². The highest BCUT2D eigenvalue weighted by atomic mass is 32.2. The van der Waals surface area contributed by atoms with Gasteiger partial charge in [0.25, 0.3) is 0 Å². The Kier molecular flexibility index (Phi) is 4.85. The fraction of sp³-hybridized carbons (Fsp3) is 0. The van der Waals surface area contributed by atoms with Gasteiger partial charge < -0.3 is 4.98 Å². The molecule has 1 heterocycles. The van der Waals surface area contributed by atoms with E-state index in [1.165, 1.54) is 12.1 Å². The van der Waals surface area contributed by atoms with Gasteiger partial charge in [-0.05, 0) is 53.1 Å². The second-order valence-electron chi connectivity index (χ2n) is 6.18. The van der Waals surface area contributed by atoms with Gasteiger partial charge in [0.05, 0.1) is 15.9 Å². The summed E-state index contributed by atoms with van der Waals surface area (Å²) in [5.41, 5.74) is 3.55. The lowest BCUT2D eigenvalue weighted by Crippen LogP contribution is -2.04. The molecule has 4 nitrogen and oxygen atoms in total. The van der Waals surface area contributed by atoms with Crippen LogP contribution in [0.4, 0.5) is 8.78 Å². The Bertz CT molecular complexity index is 1210. The maximum atomic E-state index is 13.3. The van der Waals surface area contributed by atoms with Crippen LogP contribution in [-0.2, 0) is 11.0 Å². The molecule has 28 heavy (non-hydrogen) atoms. The largest absolute Gasteiger partial charge is 0.338 e. The first-order chi connectivity index (χ1) is 13.5. The third-order valence-corrected chi connectivity index (χ3v) is 5.02. The van der Waals surface area contributed by atoms with Crippen LogP contribution < -0.4 is 5.14 Å². The zero-order valence-electron chi connectivity index (χ0n) is 14.5. The molecule has 0 fully saturated rings. The van der Waals surface area contributed by atoms with Crippen molar-refractivity contribution in [2.24, 2.45) is 5.14 Å². The number of H-pyrrole nitrogens is 1. The molecule has 7 heteroatoms. The number of nitrogens with one attached hydrogen (secondary N) is 1. The van der Waals surface area contributed by atoms with E-state index in [0.29, 0.717) is 16.3 Å². The molecule has 3 N–H and O–H groups in total. The number of hydrogen-bond acceptors (Lipinski definition) is 2. The summed E-state index contributed by atoms with van der Waals surface area (Å²) in [7, 11) is -1.60. The van der Waals surface area contributed by atoms with Crippen molar-refractivity contribution in [1.29, 1.82) is 0 Å². The Labute approximate surface area is 162 Å². The van der Waals surface area contributed by atoms with Crippen molar-refractivity contribution in [3.05, 3.63) is 83.7 Å². The second-order valence-corrected chi connectivity index (χ2v) is 7.22. The van der Waals surface area contributed by atoms with Gasteiger partial charge in [0.2, 0.25) is 0 Å². The number of halogens is 2. The zero-order chi connectivity index (χ0) is 19.7. The minimum atomic E-state index is -1.60. The maximum Gasteiger partial charge on any atom is 0.131 e. The van der Waals surface area contributed by atoms with Gasteiger partial charge in [-0.1, -0.05) is 30.3 Å². The van der Waals surface area contributed by atoms with Crippen molar-refractivity contribution in [3.8, 4) is 11.1 Å². The van der Waals surface area contributed by atoms with E-state index >= 15 is 0 Å². The average Bonchev–Trinajstić information content (AvgIpc) is 3.07. The lowest BCUT2D eigenvalue weighted by molar-refractivity contribution is 0.583. The van der Waals surface area contributed by atoms with Gasteiger partial charge in [-0.25, -0.2) is 23.1 Å². The summed E-state index contributed by atoms with van der Waals surface area (Å²) in [5.74, 6) is -0.720. The third-order valence-electron chi connectivity index (χ3n) is 4.23. The van der Waals surface area contributed by atoms with E-state index in [2.05, 4.69) is 9.97 Å². The van der Waals surface area contributed by atoms with E-state index in [1.807, 2.05) is 30.3 Å². The Morgan fingerprint density at radius 1 is 0.964 bits per heavy atom. The van der Waals surface area contributed by atoms with E-state index in [1.54, 1.807) is 24.3 Å². The molecule has 4 rings (SSSR count). The van der Waals surface area contributed by atoms with Crippen LogP contribution in [-0.4, -0.2) is 14.2 Å². The Balaban J connectivity index is 1.69. The van der Waals surface area contributed by atoms with Gasteiger partial charge >= 0.3 is 0 Å². The van der Waals surface area contributed by atoms with E-state index in [9.17, 15) is 13.0 Å². The number of aromatic amines is 1. The van der Waals surface area contributed by atoms with Crippen LogP contribution in [0.2, 0.25) is 0 Å². The summed E-state index contributed by atoms with van der Waals surface area (Å²) >= 11 is 0. The van der Waals surface area contributed by atoms with Crippen LogP contribution in [0.15, 0.2) is 65.6 Å². The van der Waals surface area contributed by atoms with Gasteiger partial charge in [-0.15, -0.1) is 0 Å². The smallest absolute Gasteiger partial charge is 0.131 e. The lowest BCUT2D eigenvalue weighted by Gasteiger charge is -2.06. The van der Waals surface area contributed by atoms with Gasteiger partial charge in [0.15, 0.2) is 0 Å². The summed E-state index contributed by atoms with van der Waals surface area (Å²) in [6, 6.07) is 16.2.